The van der Waals surface area contributed by atoms with Crippen LogP contribution in [0, 0.1) is 0 Å². The van der Waals surface area contributed by atoms with Crippen molar-refractivity contribution < 1.29 is 9.53 Å². The van der Waals surface area contributed by atoms with Crippen LogP contribution in [0.3, 0.4) is 0 Å². The third-order valence-corrected chi connectivity index (χ3v) is 2.13. The Kier molecular flexibility index (Phi) is 2.33. The number of hydrogen-bond donors (Lipinski definition) is 1. The summed E-state index contributed by atoms with van der Waals surface area (Å²) < 4.78 is 5.40. The van der Waals surface area contributed by atoms with E-state index in [-0.39, 0.29) is 12.1 Å². The molecule has 1 aliphatic heterocycles. The van der Waals surface area contributed by atoms with Crippen molar-refractivity contribution in [1.82, 2.24) is 5.32 Å². The molecule has 14 heavy (non-hydrogen) atoms. The van der Waals surface area contributed by atoms with Gasteiger partial charge in [-0.05, 0) is 6.07 Å². The monoisotopic (exact) mass is 189 g/mol. The van der Waals surface area contributed by atoms with E-state index in [4.69, 9.17) is 4.74 Å². The molecule has 72 valence electrons. The van der Waals surface area contributed by atoms with E-state index >= 15 is 0 Å². The molecule has 1 aromatic carbocycles. The number of fused-ring (bicyclic) bond motifs is 1. The van der Waals surface area contributed by atoms with E-state index < -0.39 is 0 Å². The molecule has 0 aromatic heterocycles. The summed E-state index contributed by atoms with van der Waals surface area (Å²) in [5, 5.41) is 2.75. The lowest BCUT2D eigenvalue weighted by atomic mass is 10.1. The molecule has 3 heteroatoms. The van der Waals surface area contributed by atoms with Crippen LogP contribution in [0.5, 0.6) is 0 Å². The number of hydrogen-bond acceptors (Lipinski definition) is 2. The molecule has 0 spiro atoms. The van der Waals surface area contributed by atoms with E-state index in [1.807, 2.05) is 18.2 Å². The molecule has 1 amide bonds. The summed E-state index contributed by atoms with van der Waals surface area (Å²) in [6.07, 6.45) is 1.34. The zero-order valence-corrected chi connectivity index (χ0v) is 7.69. The molecule has 1 aromatic rings. The second-order valence-corrected chi connectivity index (χ2v) is 3.06. The normalized spacial score (nSPS) is 18.9. The van der Waals surface area contributed by atoms with Gasteiger partial charge in [-0.25, -0.2) is 0 Å². The highest BCUT2D eigenvalue weighted by Gasteiger charge is 2.27. The third kappa shape index (κ3) is 1.42. The van der Waals surface area contributed by atoms with Crippen LogP contribution in [0.1, 0.15) is 22.1 Å². The topological polar surface area (TPSA) is 38.3 Å². The highest BCUT2D eigenvalue weighted by atomic mass is 16.5. The van der Waals surface area contributed by atoms with Crippen molar-refractivity contribution in [3.8, 4) is 0 Å². The minimum absolute atomic E-state index is 0.0744. The van der Waals surface area contributed by atoms with Crippen molar-refractivity contribution in [2.24, 2.45) is 0 Å². The molecule has 0 bridgehead atoms. The van der Waals surface area contributed by atoms with Gasteiger partial charge in [0.2, 0.25) is 0 Å². The van der Waals surface area contributed by atoms with Gasteiger partial charge in [-0.1, -0.05) is 24.3 Å². The lowest BCUT2D eigenvalue weighted by molar-refractivity contribution is 0.0500. The second-order valence-electron chi connectivity index (χ2n) is 3.06. The fourth-order valence-electron chi connectivity index (χ4n) is 1.50. The summed E-state index contributed by atoms with van der Waals surface area (Å²) in [7, 11) is 0. The smallest absolute Gasteiger partial charge is 0.253 e. The minimum Gasteiger partial charge on any atom is -0.350 e. The fourth-order valence-corrected chi connectivity index (χ4v) is 1.50. The molecule has 0 aliphatic carbocycles. The van der Waals surface area contributed by atoms with Crippen molar-refractivity contribution >= 4 is 5.91 Å². The molecule has 1 N–H and O–H groups in total. The summed E-state index contributed by atoms with van der Waals surface area (Å²) in [4.78, 5) is 11.4. The first-order valence-electron chi connectivity index (χ1n) is 4.45. The van der Waals surface area contributed by atoms with E-state index in [9.17, 15) is 4.79 Å². The predicted octanol–water partition coefficient (Wildman–Crippen LogP) is 1.63. The van der Waals surface area contributed by atoms with Crippen molar-refractivity contribution in [2.75, 3.05) is 6.61 Å². The van der Waals surface area contributed by atoms with Crippen LogP contribution in [0.4, 0.5) is 0 Å². The molecule has 0 radical (unpaired) electrons. The first-order chi connectivity index (χ1) is 6.83. The van der Waals surface area contributed by atoms with Crippen LogP contribution in [0.2, 0.25) is 0 Å². The van der Waals surface area contributed by atoms with Crippen LogP contribution < -0.4 is 5.32 Å². The van der Waals surface area contributed by atoms with Gasteiger partial charge in [-0.15, -0.1) is 6.58 Å². The van der Waals surface area contributed by atoms with Crippen molar-refractivity contribution in [2.45, 2.75) is 6.23 Å². The molecular formula is C11H11NO2. The standard InChI is InChI=1S/C11H11NO2/c1-2-7-14-11-9-6-4-3-5-8(9)10(13)12-11/h2-6,11H,1,7H2,(H,12,13). The minimum atomic E-state index is -0.323. The summed E-state index contributed by atoms with van der Waals surface area (Å²) in [5.74, 6) is -0.0744. The number of nitrogens with one attached hydrogen (secondary N) is 1. The number of benzene rings is 1. The van der Waals surface area contributed by atoms with Gasteiger partial charge in [0.25, 0.3) is 5.91 Å². The van der Waals surface area contributed by atoms with Crippen LogP contribution in [0.25, 0.3) is 0 Å². The maximum Gasteiger partial charge on any atom is 0.253 e. The maximum absolute atomic E-state index is 11.4. The molecule has 1 unspecified atom stereocenters. The van der Waals surface area contributed by atoms with Gasteiger partial charge in [0.15, 0.2) is 6.23 Å². The highest BCUT2D eigenvalue weighted by Crippen LogP contribution is 2.25. The quantitative estimate of drug-likeness (QED) is 0.734. The Hall–Kier alpha value is -1.61. The van der Waals surface area contributed by atoms with E-state index in [0.717, 1.165) is 5.56 Å². The Morgan fingerprint density at radius 1 is 1.50 bits per heavy atom. The van der Waals surface area contributed by atoms with Crippen LogP contribution in [0.15, 0.2) is 36.9 Å². The van der Waals surface area contributed by atoms with Gasteiger partial charge in [0.1, 0.15) is 0 Å². The van der Waals surface area contributed by atoms with Crippen LogP contribution in [-0.2, 0) is 4.74 Å². The average molecular weight is 189 g/mol. The van der Waals surface area contributed by atoms with Crippen molar-refractivity contribution in [3.63, 3.8) is 0 Å². The molecule has 0 fully saturated rings. The number of amides is 1. The number of carbonyl (C=O) groups is 1. The highest BCUT2D eigenvalue weighted by molar-refractivity contribution is 5.98. The maximum atomic E-state index is 11.4. The fraction of sp³-hybridized carbons (Fsp3) is 0.182. The van der Waals surface area contributed by atoms with E-state index in [2.05, 4.69) is 11.9 Å². The molecule has 1 aliphatic rings. The van der Waals surface area contributed by atoms with E-state index in [1.54, 1.807) is 12.1 Å². The van der Waals surface area contributed by atoms with Gasteiger partial charge in [0.05, 0.1) is 6.61 Å². The van der Waals surface area contributed by atoms with Crippen molar-refractivity contribution in [1.29, 1.82) is 0 Å². The molecule has 2 rings (SSSR count). The lowest BCUT2D eigenvalue weighted by Gasteiger charge is -2.10. The van der Waals surface area contributed by atoms with Gasteiger partial charge in [-0.3, -0.25) is 4.79 Å². The molecule has 1 atom stereocenters. The Balaban J connectivity index is 2.25. The summed E-state index contributed by atoms with van der Waals surface area (Å²) in [6, 6.07) is 7.42. The van der Waals surface area contributed by atoms with Crippen molar-refractivity contribution in [3.05, 3.63) is 48.0 Å². The molecule has 0 saturated carbocycles. The number of ether oxygens (including phenoxy) is 1. The largest absolute Gasteiger partial charge is 0.350 e. The SMILES string of the molecule is C=CCOC1NC(=O)c2ccccc21. The Bertz CT molecular complexity index is 373. The average Bonchev–Trinajstić information content (AvgIpc) is 2.54. The Labute approximate surface area is 82.4 Å². The van der Waals surface area contributed by atoms with Gasteiger partial charge >= 0.3 is 0 Å². The second kappa shape index (κ2) is 3.64. The van der Waals surface area contributed by atoms with Crippen LogP contribution >= 0.6 is 0 Å². The summed E-state index contributed by atoms with van der Waals surface area (Å²) in [6.45, 7) is 3.99. The third-order valence-electron chi connectivity index (χ3n) is 2.13. The van der Waals surface area contributed by atoms with E-state index in [0.29, 0.717) is 12.2 Å². The Morgan fingerprint density at radius 3 is 3.07 bits per heavy atom. The first-order valence-corrected chi connectivity index (χ1v) is 4.45. The van der Waals surface area contributed by atoms with E-state index in [1.165, 1.54) is 0 Å². The first kappa shape index (κ1) is 8.97. The lowest BCUT2D eigenvalue weighted by Crippen LogP contribution is -2.21. The van der Waals surface area contributed by atoms with Gasteiger partial charge < -0.3 is 10.1 Å². The molecule has 0 saturated heterocycles. The Morgan fingerprint density at radius 2 is 2.29 bits per heavy atom. The predicted molar refractivity (Wildman–Crippen MR) is 52.8 cm³/mol. The zero-order valence-electron chi connectivity index (χ0n) is 7.69. The van der Waals surface area contributed by atoms with Gasteiger partial charge in [0, 0.05) is 11.1 Å². The number of carbonyl (C=O) groups excluding carboxylic acids is 1. The summed E-state index contributed by atoms with van der Waals surface area (Å²) in [5.41, 5.74) is 1.60. The number of rotatable bonds is 3. The molecular weight excluding hydrogens is 178 g/mol. The molecule has 3 nitrogen and oxygen atoms in total. The summed E-state index contributed by atoms with van der Waals surface area (Å²) >= 11 is 0. The van der Waals surface area contributed by atoms with Gasteiger partial charge in [-0.2, -0.15) is 0 Å². The zero-order chi connectivity index (χ0) is 9.97. The molecule has 1 heterocycles. The van der Waals surface area contributed by atoms with Crippen LogP contribution in [-0.4, -0.2) is 12.5 Å².